The van der Waals surface area contributed by atoms with E-state index in [9.17, 15) is 0 Å². The molecule has 0 aromatic heterocycles. The van der Waals surface area contributed by atoms with Gasteiger partial charge in [0.05, 0.1) is 0 Å². The molecule has 0 fully saturated rings. The molecule has 1 rings (SSSR count). The van der Waals surface area contributed by atoms with Crippen LogP contribution in [0.4, 0.5) is 0 Å². The molecule has 1 aromatic carbocycles. The lowest BCUT2D eigenvalue weighted by Crippen LogP contribution is -2.37. The van der Waals surface area contributed by atoms with E-state index in [4.69, 9.17) is 4.43 Å². The molecule has 0 amide bonds. The zero-order valence-corrected chi connectivity index (χ0v) is 14.7. The Morgan fingerprint density at radius 3 is 2.10 bits per heavy atom. The highest BCUT2D eigenvalue weighted by Gasteiger charge is 2.30. The van der Waals surface area contributed by atoms with E-state index in [1.807, 2.05) is 0 Å². The third kappa shape index (κ3) is 4.91. The summed E-state index contributed by atoms with van der Waals surface area (Å²) in [6.45, 7) is 15.4. The van der Waals surface area contributed by atoms with Gasteiger partial charge in [0.25, 0.3) is 0 Å². The molecule has 112 valence electrons. The third-order valence-corrected chi connectivity index (χ3v) is 4.77. The standard InChI is InChI=1S/C18H30OSi/c1-7-16(15-13-11-10-12-14-15)17(8-2)18(9-3)19-20(4,5)6/h7,10-14,16-18H,1,8-9H2,2-6H3/t16-,17-,18+/m0/s1. The minimum absolute atomic E-state index is 0.329. The molecule has 0 N–H and O–H groups in total. The van der Waals surface area contributed by atoms with Gasteiger partial charge in [-0.25, -0.2) is 0 Å². The maximum Gasteiger partial charge on any atom is 0.184 e. The average Bonchev–Trinajstić information content (AvgIpc) is 2.42. The van der Waals surface area contributed by atoms with E-state index in [1.165, 1.54) is 5.56 Å². The summed E-state index contributed by atoms with van der Waals surface area (Å²) in [6, 6.07) is 10.7. The van der Waals surface area contributed by atoms with Crippen molar-refractivity contribution in [3.63, 3.8) is 0 Å². The van der Waals surface area contributed by atoms with Gasteiger partial charge in [-0.1, -0.05) is 50.3 Å². The molecule has 0 spiro atoms. The van der Waals surface area contributed by atoms with Crippen molar-refractivity contribution < 1.29 is 4.43 Å². The van der Waals surface area contributed by atoms with Crippen LogP contribution in [0.3, 0.4) is 0 Å². The fourth-order valence-corrected chi connectivity index (χ4v) is 4.16. The van der Waals surface area contributed by atoms with Gasteiger partial charge in [0.1, 0.15) is 0 Å². The lowest BCUT2D eigenvalue weighted by Gasteiger charge is -2.35. The van der Waals surface area contributed by atoms with E-state index < -0.39 is 8.32 Å². The van der Waals surface area contributed by atoms with Crippen LogP contribution in [-0.2, 0) is 4.43 Å². The smallest absolute Gasteiger partial charge is 0.184 e. The first kappa shape index (κ1) is 17.2. The predicted molar refractivity (Wildman–Crippen MR) is 91.7 cm³/mol. The second-order valence-corrected chi connectivity index (χ2v) is 10.9. The zero-order valence-electron chi connectivity index (χ0n) is 13.7. The molecule has 0 aliphatic heterocycles. The van der Waals surface area contributed by atoms with E-state index in [1.54, 1.807) is 0 Å². The van der Waals surface area contributed by atoms with Gasteiger partial charge in [-0.3, -0.25) is 0 Å². The summed E-state index contributed by atoms with van der Waals surface area (Å²) in [6.07, 6.45) is 4.61. The molecule has 0 unspecified atom stereocenters. The van der Waals surface area contributed by atoms with Crippen LogP contribution in [0.1, 0.15) is 38.2 Å². The van der Waals surface area contributed by atoms with Gasteiger partial charge in [-0.2, -0.15) is 0 Å². The minimum Gasteiger partial charge on any atom is -0.414 e. The van der Waals surface area contributed by atoms with Crippen LogP contribution in [0.2, 0.25) is 19.6 Å². The molecular formula is C18H30OSi. The van der Waals surface area contributed by atoms with Crippen LogP contribution < -0.4 is 0 Å². The topological polar surface area (TPSA) is 9.23 Å². The quantitative estimate of drug-likeness (QED) is 0.446. The van der Waals surface area contributed by atoms with Crippen molar-refractivity contribution in [2.45, 2.75) is 58.4 Å². The molecule has 0 heterocycles. The Kier molecular flexibility index (Phi) is 6.70. The van der Waals surface area contributed by atoms with Gasteiger partial charge in [0.15, 0.2) is 8.32 Å². The van der Waals surface area contributed by atoms with Crippen molar-refractivity contribution in [1.29, 1.82) is 0 Å². The molecule has 0 bridgehead atoms. The highest BCUT2D eigenvalue weighted by atomic mass is 28.4. The first-order chi connectivity index (χ1) is 9.42. The largest absolute Gasteiger partial charge is 0.414 e. The number of benzene rings is 1. The predicted octanol–water partition coefficient (Wildman–Crippen LogP) is 5.61. The fraction of sp³-hybridized carbons (Fsp3) is 0.556. The lowest BCUT2D eigenvalue weighted by atomic mass is 9.80. The van der Waals surface area contributed by atoms with E-state index in [-0.39, 0.29) is 0 Å². The lowest BCUT2D eigenvalue weighted by molar-refractivity contribution is 0.110. The van der Waals surface area contributed by atoms with Crippen LogP contribution in [0.25, 0.3) is 0 Å². The van der Waals surface area contributed by atoms with E-state index in [2.05, 4.69) is 76.5 Å². The molecule has 0 saturated carbocycles. The maximum atomic E-state index is 6.44. The molecule has 2 heteroatoms. The summed E-state index contributed by atoms with van der Waals surface area (Å²) in [4.78, 5) is 0. The maximum absolute atomic E-state index is 6.44. The second kappa shape index (κ2) is 7.80. The van der Waals surface area contributed by atoms with Gasteiger partial charge < -0.3 is 4.43 Å². The highest BCUT2D eigenvalue weighted by Crippen LogP contribution is 2.34. The molecule has 3 atom stereocenters. The summed E-state index contributed by atoms with van der Waals surface area (Å²) in [7, 11) is -1.51. The van der Waals surface area contributed by atoms with Crippen molar-refractivity contribution in [3.8, 4) is 0 Å². The number of hydrogen-bond acceptors (Lipinski definition) is 1. The van der Waals surface area contributed by atoms with Crippen LogP contribution in [0.5, 0.6) is 0 Å². The van der Waals surface area contributed by atoms with Crippen molar-refractivity contribution in [2.24, 2.45) is 5.92 Å². The normalized spacial score (nSPS) is 16.4. The zero-order chi connectivity index (χ0) is 15.2. The van der Waals surface area contributed by atoms with Gasteiger partial charge in [-0.15, -0.1) is 6.58 Å². The minimum atomic E-state index is -1.51. The SMILES string of the molecule is C=C[C@@H](c1ccccc1)[C@H](CC)[C@@H](CC)O[Si](C)(C)C. The molecule has 0 saturated heterocycles. The Morgan fingerprint density at radius 1 is 1.10 bits per heavy atom. The van der Waals surface area contributed by atoms with Crippen molar-refractivity contribution in [1.82, 2.24) is 0 Å². The first-order valence-corrected chi connectivity index (χ1v) is 11.2. The molecule has 1 aromatic rings. The molecular weight excluding hydrogens is 260 g/mol. The van der Waals surface area contributed by atoms with Crippen LogP contribution in [0, 0.1) is 5.92 Å². The summed E-state index contributed by atoms with van der Waals surface area (Å²) >= 11 is 0. The van der Waals surface area contributed by atoms with Crippen LogP contribution >= 0.6 is 0 Å². The van der Waals surface area contributed by atoms with Crippen molar-refractivity contribution >= 4 is 8.32 Å². The van der Waals surface area contributed by atoms with E-state index in [0.29, 0.717) is 17.9 Å². The summed E-state index contributed by atoms with van der Waals surface area (Å²) in [5.74, 6) is 0.883. The van der Waals surface area contributed by atoms with Crippen molar-refractivity contribution in [3.05, 3.63) is 48.6 Å². The van der Waals surface area contributed by atoms with Crippen LogP contribution in [-0.4, -0.2) is 14.4 Å². The molecule has 1 nitrogen and oxygen atoms in total. The summed E-state index contributed by atoms with van der Waals surface area (Å²) < 4.78 is 6.44. The Hall–Kier alpha value is -0.863. The first-order valence-electron chi connectivity index (χ1n) is 7.78. The second-order valence-electron chi connectivity index (χ2n) is 6.42. The monoisotopic (exact) mass is 290 g/mol. The van der Waals surface area contributed by atoms with Gasteiger partial charge >= 0.3 is 0 Å². The fourth-order valence-electron chi connectivity index (χ4n) is 2.91. The van der Waals surface area contributed by atoms with Crippen LogP contribution in [0.15, 0.2) is 43.0 Å². The number of hydrogen-bond donors (Lipinski definition) is 0. The van der Waals surface area contributed by atoms with E-state index >= 15 is 0 Å². The molecule has 0 aliphatic rings. The number of allylic oxidation sites excluding steroid dienone is 1. The average molecular weight is 291 g/mol. The Balaban J connectivity index is 2.98. The Labute approximate surface area is 126 Å². The molecule has 20 heavy (non-hydrogen) atoms. The molecule has 0 aliphatic carbocycles. The van der Waals surface area contributed by atoms with Gasteiger partial charge in [-0.05, 0) is 44.0 Å². The van der Waals surface area contributed by atoms with Crippen molar-refractivity contribution in [2.75, 3.05) is 0 Å². The highest BCUT2D eigenvalue weighted by molar-refractivity contribution is 6.69. The molecule has 0 radical (unpaired) electrons. The van der Waals surface area contributed by atoms with Gasteiger partial charge in [0.2, 0.25) is 0 Å². The third-order valence-electron chi connectivity index (χ3n) is 3.76. The number of rotatable bonds is 8. The Morgan fingerprint density at radius 2 is 1.70 bits per heavy atom. The van der Waals surface area contributed by atoms with E-state index in [0.717, 1.165) is 12.8 Å². The summed E-state index contributed by atoms with van der Waals surface area (Å²) in [5, 5.41) is 0. The van der Waals surface area contributed by atoms with Gasteiger partial charge in [0, 0.05) is 12.0 Å². The summed E-state index contributed by atoms with van der Waals surface area (Å²) in [5.41, 5.74) is 1.35. The Bertz CT molecular complexity index is 394.